The van der Waals surface area contributed by atoms with E-state index in [4.69, 9.17) is 9.72 Å². The van der Waals surface area contributed by atoms with Crippen molar-refractivity contribution in [3.8, 4) is 17.0 Å². The molecule has 1 spiro atoms. The first kappa shape index (κ1) is 21.4. The molecule has 0 aromatic carbocycles. The summed E-state index contributed by atoms with van der Waals surface area (Å²) in [5.74, 6) is 0.297. The van der Waals surface area contributed by atoms with Crippen molar-refractivity contribution >= 4 is 11.6 Å². The van der Waals surface area contributed by atoms with E-state index in [1.807, 2.05) is 31.0 Å². The van der Waals surface area contributed by atoms with Crippen LogP contribution in [0.3, 0.4) is 0 Å². The first-order valence-electron chi connectivity index (χ1n) is 10.3. The van der Waals surface area contributed by atoms with Crippen LogP contribution in [0.25, 0.3) is 11.3 Å². The third-order valence-electron chi connectivity index (χ3n) is 6.03. The van der Waals surface area contributed by atoms with E-state index in [2.05, 4.69) is 10.1 Å². The summed E-state index contributed by atoms with van der Waals surface area (Å²) in [7, 11) is 3.47. The van der Waals surface area contributed by atoms with Gasteiger partial charge in [-0.2, -0.15) is 18.3 Å². The number of rotatable bonds is 4. The number of anilines is 1. The fraction of sp³-hybridized carbons (Fsp3) is 0.364. The number of hydrogen-bond donors (Lipinski definition) is 0. The minimum absolute atomic E-state index is 0.287. The van der Waals surface area contributed by atoms with Gasteiger partial charge in [-0.1, -0.05) is 0 Å². The number of halogens is 3. The molecule has 0 saturated carbocycles. The van der Waals surface area contributed by atoms with Crippen molar-refractivity contribution in [3.63, 3.8) is 0 Å². The molecule has 0 aliphatic carbocycles. The van der Waals surface area contributed by atoms with Crippen molar-refractivity contribution in [1.82, 2.24) is 24.6 Å². The van der Waals surface area contributed by atoms with E-state index in [0.717, 1.165) is 15.8 Å². The van der Waals surface area contributed by atoms with Crippen LogP contribution in [0.2, 0.25) is 0 Å². The number of ether oxygens (including phenoxy) is 1. The number of likely N-dealkylation sites (N-methyl/N-ethyl adjacent to an activating group) is 1. The largest absolute Gasteiger partial charge is 0.495 e. The molecule has 0 unspecified atom stereocenters. The van der Waals surface area contributed by atoms with Gasteiger partial charge in [0.2, 0.25) is 0 Å². The number of methoxy groups -OCH3 is 1. The standard InChI is InChI=1S/C22H21F3N6O2/c1-13-4-17(14-5-16(33-3)8-26-6-14)28-19-18(13)20(32)31(21(19)10-29(2)11-21)15-7-27-30(9-15)12-22(23,24)25/h4-9H,10-12H2,1-3H3. The number of carbonyl (C=O) groups is 1. The highest BCUT2D eigenvalue weighted by Gasteiger charge is 2.58. The lowest BCUT2D eigenvalue weighted by Crippen LogP contribution is -2.65. The van der Waals surface area contributed by atoms with Gasteiger partial charge in [0.1, 0.15) is 17.8 Å². The van der Waals surface area contributed by atoms with E-state index in [0.29, 0.717) is 41.5 Å². The summed E-state index contributed by atoms with van der Waals surface area (Å²) in [5.41, 5.74) is 2.76. The van der Waals surface area contributed by atoms with Gasteiger partial charge in [-0.15, -0.1) is 0 Å². The average Bonchev–Trinajstić information content (AvgIpc) is 3.27. The van der Waals surface area contributed by atoms with Crippen LogP contribution in [-0.2, 0) is 12.1 Å². The van der Waals surface area contributed by atoms with Crippen LogP contribution in [0.5, 0.6) is 5.75 Å². The zero-order chi connectivity index (χ0) is 23.5. The Kier molecular flexibility index (Phi) is 4.71. The lowest BCUT2D eigenvalue weighted by atomic mass is 9.85. The molecular weight excluding hydrogens is 437 g/mol. The van der Waals surface area contributed by atoms with Crippen LogP contribution in [0.15, 0.2) is 36.9 Å². The molecule has 0 atom stereocenters. The number of likely N-dealkylation sites (tertiary alicyclic amines) is 1. The van der Waals surface area contributed by atoms with E-state index in [1.54, 1.807) is 24.4 Å². The SMILES string of the molecule is COc1cncc(-c2cc(C)c3c(n2)C2(CN(C)C2)N(c2cnn(CC(F)(F)F)c2)C3=O)c1. The Morgan fingerprint density at radius 3 is 2.61 bits per heavy atom. The number of carbonyl (C=O) groups excluding carboxylic acids is 1. The molecule has 33 heavy (non-hydrogen) atoms. The molecule has 0 radical (unpaired) electrons. The molecule has 3 aromatic heterocycles. The van der Waals surface area contributed by atoms with Gasteiger partial charge in [-0.3, -0.25) is 19.4 Å². The molecule has 172 valence electrons. The molecule has 5 heterocycles. The Morgan fingerprint density at radius 1 is 1.18 bits per heavy atom. The van der Waals surface area contributed by atoms with Gasteiger partial charge in [0.15, 0.2) is 0 Å². The van der Waals surface area contributed by atoms with Crippen LogP contribution in [0.1, 0.15) is 21.6 Å². The van der Waals surface area contributed by atoms with Crippen molar-refractivity contribution < 1.29 is 22.7 Å². The fourth-order valence-electron chi connectivity index (χ4n) is 4.75. The first-order valence-corrected chi connectivity index (χ1v) is 10.3. The Balaban J connectivity index is 1.61. The molecule has 11 heteroatoms. The molecule has 0 bridgehead atoms. The summed E-state index contributed by atoms with van der Waals surface area (Å²) < 4.78 is 44.6. The predicted molar refractivity (Wildman–Crippen MR) is 113 cm³/mol. The third kappa shape index (κ3) is 3.43. The van der Waals surface area contributed by atoms with Crippen LogP contribution in [0, 0.1) is 6.92 Å². The number of alkyl halides is 3. The highest BCUT2D eigenvalue weighted by molar-refractivity contribution is 6.13. The van der Waals surface area contributed by atoms with Gasteiger partial charge in [0, 0.05) is 31.0 Å². The quantitative estimate of drug-likeness (QED) is 0.598. The van der Waals surface area contributed by atoms with Gasteiger partial charge in [0.25, 0.3) is 5.91 Å². The van der Waals surface area contributed by atoms with Crippen molar-refractivity contribution in [2.24, 2.45) is 0 Å². The van der Waals surface area contributed by atoms with E-state index < -0.39 is 18.3 Å². The molecule has 2 aliphatic heterocycles. The number of amides is 1. The van der Waals surface area contributed by atoms with Crippen molar-refractivity contribution in [3.05, 3.63) is 53.7 Å². The number of hydrogen-bond acceptors (Lipinski definition) is 6. The maximum absolute atomic E-state index is 13.6. The molecular formula is C22H21F3N6O2. The monoisotopic (exact) mass is 458 g/mol. The third-order valence-corrected chi connectivity index (χ3v) is 6.03. The van der Waals surface area contributed by atoms with E-state index in [9.17, 15) is 18.0 Å². The second kappa shape index (κ2) is 7.27. The Bertz CT molecular complexity index is 1250. The van der Waals surface area contributed by atoms with Gasteiger partial charge < -0.3 is 9.64 Å². The minimum Gasteiger partial charge on any atom is -0.495 e. The summed E-state index contributed by atoms with van der Waals surface area (Å²) in [5, 5.41) is 3.84. The molecule has 5 rings (SSSR count). The van der Waals surface area contributed by atoms with Crippen molar-refractivity contribution in [2.45, 2.75) is 25.2 Å². The Hall–Kier alpha value is -3.47. The van der Waals surface area contributed by atoms with Crippen LogP contribution < -0.4 is 9.64 Å². The molecule has 1 fully saturated rings. The van der Waals surface area contributed by atoms with Crippen molar-refractivity contribution in [1.29, 1.82) is 0 Å². The highest BCUT2D eigenvalue weighted by Crippen LogP contribution is 2.48. The molecule has 1 amide bonds. The molecule has 2 aliphatic rings. The fourth-order valence-corrected chi connectivity index (χ4v) is 4.75. The molecule has 0 N–H and O–H groups in total. The van der Waals surface area contributed by atoms with Crippen molar-refractivity contribution in [2.75, 3.05) is 32.1 Å². The summed E-state index contributed by atoms with van der Waals surface area (Å²) >= 11 is 0. The number of pyridine rings is 2. The van der Waals surface area contributed by atoms with Crippen LogP contribution in [-0.4, -0.2) is 64.0 Å². The van der Waals surface area contributed by atoms with Crippen LogP contribution >= 0.6 is 0 Å². The molecule has 3 aromatic rings. The highest BCUT2D eigenvalue weighted by atomic mass is 19.4. The molecule has 1 saturated heterocycles. The number of aromatic nitrogens is 4. The number of fused-ring (bicyclic) bond motifs is 2. The molecule has 8 nitrogen and oxygen atoms in total. The van der Waals surface area contributed by atoms with Gasteiger partial charge in [0.05, 0.1) is 42.1 Å². The first-order chi connectivity index (χ1) is 15.6. The van der Waals surface area contributed by atoms with Gasteiger partial charge in [-0.25, -0.2) is 4.98 Å². The second-order valence-corrected chi connectivity index (χ2v) is 8.52. The Morgan fingerprint density at radius 2 is 1.94 bits per heavy atom. The minimum atomic E-state index is -4.41. The maximum atomic E-state index is 13.6. The zero-order valence-corrected chi connectivity index (χ0v) is 18.2. The Labute approximate surface area is 187 Å². The van der Waals surface area contributed by atoms with E-state index in [-0.39, 0.29) is 5.91 Å². The maximum Gasteiger partial charge on any atom is 0.408 e. The number of aryl methyl sites for hydroxylation is 1. The van der Waals surface area contributed by atoms with E-state index >= 15 is 0 Å². The summed E-state index contributed by atoms with van der Waals surface area (Å²) in [6.45, 7) is 1.62. The smallest absolute Gasteiger partial charge is 0.408 e. The topological polar surface area (TPSA) is 76.4 Å². The average molecular weight is 458 g/mol. The normalized spacial score (nSPS) is 17.4. The lowest BCUT2D eigenvalue weighted by molar-refractivity contribution is -0.142. The van der Waals surface area contributed by atoms with Crippen LogP contribution in [0.4, 0.5) is 18.9 Å². The second-order valence-electron chi connectivity index (χ2n) is 8.52. The summed E-state index contributed by atoms with van der Waals surface area (Å²) in [4.78, 5) is 26.2. The summed E-state index contributed by atoms with van der Waals surface area (Å²) in [6, 6.07) is 3.64. The predicted octanol–water partition coefficient (Wildman–Crippen LogP) is 3.02. The lowest BCUT2D eigenvalue weighted by Gasteiger charge is -2.50. The van der Waals surface area contributed by atoms with Gasteiger partial charge >= 0.3 is 6.18 Å². The zero-order valence-electron chi connectivity index (χ0n) is 18.2. The summed E-state index contributed by atoms with van der Waals surface area (Å²) in [6.07, 6.45) is 1.42. The van der Waals surface area contributed by atoms with Gasteiger partial charge in [-0.05, 0) is 31.7 Å². The van der Waals surface area contributed by atoms with E-state index in [1.165, 1.54) is 12.4 Å². The number of nitrogens with zero attached hydrogens (tertiary/aromatic N) is 6.